The third kappa shape index (κ3) is 9.19. The van der Waals surface area contributed by atoms with Gasteiger partial charge in [0.05, 0.1) is 17.0 Å². The van der Waals surface area contributed by atoms with Crippen molar-refractivity contribution in [1.82, 2.24) is 10.2 Å². The first-order valence-electron chi connectivity index (χ1n) is 12.2. The van der Waals surface area contributed by atoms with Crippen molar-refractivity contribution in [3.63, 3.8) is 0 Å². The van der Waals surface area contributed by atoms with Gasteiger partial charge in [-0.2, -0.15) is 0 Å². The van der Waals surface area contributed by atoms with Gasteiger partial charge in [-0.15, -0.1) is 0 Å². The number of carbonyl (C=O) groups is 2. The molecule has 7 nitrogen and oxygen atoms in total. The lowest BCUT2D eigenvalue weighted by Gasteiger charge is -2.32. The van der Waals surface area contributed by atoms with Crippen molar-refractivity contribution in [2.45, 2.75) is 65.1 Å². The molecule has 0 radical (unpaired) electrons. The standard InChI is InChI=1S/C26H33Cl4N3O4S/c1-5-17(3)31-26(35)23(6-2)32(16-18-9-10-19(27)14-22(18)30)25(34)8-7-13-33(38(4,36)37)24-15-20(28)11-12-21(24)29/h9-12,14-15,17,23H,5-8,13,16H2,1-4H3,(H,31,35). The number of benzene rings is 2. The summed E-state index contributed by atoms with van der Waals surface area (Å²) in [6.07, 6.45) is 2.36. The summed E-state index contributed by atoms with van der Waals surface area (Å²) in [5, 5.41) is 4.34. The summed E-state index contributed by atoms with van der Waals surface area (Å²) in [4.78, 5) is 28.1. The maximum atomic E-state index is 13.5. The zero-order valence-electron chi connectivity index (χ0n) is 21.8. The Morgan fingerprint density at radius 2 is 1.58 bits per heavy atom. The number of nitrogens with zero attached hydrogens (tertiary/aromatic N) is 2. The molecule has 210 valence electrons. The maximum absolute atomic E-state index is 13.5. The number of nitrogens with one attached hydrogen (secondary N) is 1. The van der Waals surface area contributed by atoms with Crippen LogP contribution in [0.15, 0.2) is 36.4 Å². The normalized spacial score (nSPS) is 13.1. The van der Waals surface area contributed by atoms with Gasteiger partial charge in [-0.3, -0.25) is 13.9 Å². The van der Waals surface area contributed by atoms with Crippen molar-refractivity contribution < 1.29 is 18.0 Å². The summed E-state index contributed by atoms with van der Waals surface area (Å²) in [5.41, 5.74) is 0.876. The van der Waals surface area contributed by atoms with Crippen molar-refractivity contribution in [1.29, 1.82) is 0 Å². The van der Waals surface area contributed by atoms with Crippen LogP contribution in [0.4, 0.5) is 5.69 Å². The van der Waals surface area contributed by atoms with Gasteiger partial charge in [0, 0.05) is 40.6 Å². The zero-order chi connectivity index (χ0) is 28.6. The monoisotopic (exact) mass is 623 g/mol. The molecule has 0 spiro atoms. The van der Waals surface area contributed by atoms with E-state index in [-0.39, 0.29) is 54.5 Å². The van der Waals surface area contributed by atoms with Crippen LogP contribution in [0.1, 0.15) is 52.0 Å². The smallest absolute Gasteiger partial charge is 0.243 e. The number of hydrogen-bond acceptors (Lipinski definition) is 4. The number of halogens is 4. The van der Waals surface area contributed by atoms with Crippen LogP contribution in [0.5, 0.6) is 0 Å². The number of hydrogen-bond donors (Lipinski definition) is 1. The largest absolute Gasteiger partial charge is 0.352 e. The van der Waals surface area contributed by atoms with Crippen LogP contribution in [0.25, 0.3) is 0 Å². The SMILES string of the molecule is CCC(C)NC(=O)C(CC)N(Cc1ccc(Cl)cc1Cl)C(=O)CCCN(c1cc(Cl)ccc1Cl)S(C)(=O)=O. The molecule has 0 aromatic heterocycles. The number of sulfonamides is 1. The van der Waals surface area contributed by atoms with E-state index in [1.54, 1.807) is 24.3 Å². The van der Waals surface area contributed by atoms with Crippen LogP contribution in [0.3, 0.4) is 0 Å². The molecule has 0 bridgehead atoms. The first-order chi connectivity index (χ1) is 17.8. The van der Waals surface area contributed by atoms with Gasteiger partial charge in [0.1, 0.15) is 6.04 Å². The summed E-state index contributed by atoms with van der Waals surface area (Å²) in [6.45, 7) is 5.78. The average molecular weight is 625 g/mol. The lowest BCUT2D eigenvalue weighted by molar-refractivity contribution is -0.141. The molecule has 2 aromatic rings. The molecule has 2 aromatic carbocycles. The van der Waals surface area contributed by atoms with Crippen molar-refractivity contribution in [3.05, 3.63) is 62.1 Å². The molecule has 0 aliphatic heterocycles. The van der Waals surface area contributed by atoms with E-state index < -0.39 is 16.1 Å². The predicted octanol–water partition coefficient (Wildman–Crippen LogP) is 6.57. The third-order valence-electron chi connectivity index (χ3n) is 6.07. The van der Waals surface area contributed by atoms with Gasteiger partial charge in [0.15, 0.2) is 0 Å². The Labute approximate surface area is 245 Å². The minimum atomic E-state index is -3.71. The second-order valence-corrected chi connectivity index (χ2v) is 12.6. The topological polar surface area (TPSA) is 86.8 Å². The lowest BCUT2D eigenvalue weighted by Crippen LogP contribution is -2.50. The molecule has 2 amide bonds. The van der Waals surface area contributed by atoms with Gasteiger partial charge in [0.25, 0.3) is 0 Å². The molecule has 0 fully saturated rings. The van der Waals surface area contributed by atoms with Crippen molar-refractivity contribution in [2.75, 3.05) is 17.1 Å². The van der Waals surface area contributed by atoms with Crippen molar-refractivity contribution in [3.8, 4) is 0 Å². The Kier molecular flexibility index (Phi) is 12.5. The van der Waals surface area contributed by atoms with E-state index in [0.717, 1.165) is 17.0 Å². The fourth-order valence-electron chi connectivity index (χ4n) is 3.85. The Hall–Kier alpha value is -1.71. The predicted molar refractivity (Wildman–Crippen MR) is 157 cm³/mol. The quantitative estimate of drug-likeness (QED) is 0.273. The second-order valence-electron chi connectivity index (χ2n) is 9.03. The molecular formula is C26H33Cl4N3O4S. The van der Waals surface area contributed by atoms with Crippen LogP contribution in [0.2, 0.25) is 20.1 Å². The molecule has 0 saturated heterocycles. The Bertz CT molecular complexity index is 1240. The van der Waals surface area contributed by atoms with Gasteiger partial charge < -0.3 is 10.2 Å². The van der Waals surface area contributed by atoms with Crippen LogP contribution in [0, 0.1) is 0 Å². The molecule has 0 saturated carbocycles. The zero-order valence-corrected chi connectivity index (χ0v) is 25.6. The highest BCUT2D eigenvalue weighted by Gasteiger charge is 2.30. The van der Waals surface area contributed by atoms with E-state index in [4.69, 9.17) is 46.4 Å². The molecule has 2 atom stereocenters. The van der Waals surface area contributed by atoms with Crippen LogP contribution in [-0.2, 0) is 26.2 Å². The number of carbonyl (C=O) groups excluding carboxylic acids is 2. The van der Waals surface area contributed by atoms with E-state index in [1.807, 2.05) is 20.8 Å². The van der Waals surface area contributed by atoms with Crippen LogP contribution in [-0.4, -0.2) is 50.0 Å². The minimum Gasteiger partial charge on any atom is -0.352 e. The summed E-state index contributed by atoms with van der Waals surface area (Å²) >= 11 is 24.7. The number of anilines is 1. The van der Waals surface area contributed by atoms with Crippen molar-refractivity contribution in [2.24, 2.45) is 0 Å². The Balaban J connectivity index is 2.30. The van der Waals surface area contributed by atoms with Crippen LogP contribution < -0.4 is 9.62 Å². The van der Waals surface area contributed by atoms with Gasteiger partial charge >= 0.3 is 0 Å². The number of amides is 2. The first kappa shape index (κ1) is 32.5. The fraction of sp³-hybridized carbons (Fsp3) is 0.462. The molecule has 38 heavy (non-hydrogen) atoms. The fourth-order valence-corrected chi connectivity index (χ4v) is 5.73. The van der Waals surface area contributed by atoms with E-state index in [2.05, 4.69) is 5.32 Å². The summed E-state index contributed by atoms with van der Waals surface area (Å²) < 4.78 is 26.2. The molecule has 0 aliphatic rings. The Morgan fingerprint density at radius 3 is 2.16 bits per heavy atom. The van der Waals surface area contributed by atoms with E-state index in [9.17, 15) is 18.0 Å². The number of rotatable bonds is 13. The van der Waals surface area contributed by atoms with Gasteiger partial charge in [-0.05, 0) is 62.1 Å². The van der Waals surface area contributed by atoms with Gasteiger partial charge in [-0.25, -0.2) is 8.42 Å². The highest BCUT2D eigenvalue weighted by molar-refractivity contribution is 7.92. The maximum Gasteiger partial charge on any atom is 0.243 e. The molecule has 2 unspecified atom stereocenters. The summed E-state index contributed by atoms with van der Waals surface area (Å²) in [5.74, 6) is -0.573. The molecule has 12 heteroatoms. The summed E-state index contributed by atoms with van der Waals surface area (Å²) in [6, 6.07) is 8.72. The van der Waals surface area contributed by atoms with E-state index in [1.165, 1.54) is 17.0 Å². The lowest BCUT2D eigenvalue weighted by atomic mass is 10.1. The highest BCUT2D eigenvalue weighted by Crippen LogP contribution is 2.31. The van der Waals surface area contributed by atoms with E-state index >= 15 is 0 Å². The highest BCUT2D eigenvalue weighted by atomic mass is 35.5. The molecule has 0 aliphatic carbocycles. The Morgan fingerprint density at radius 1 is 0.947 bits per heavy atom. The van der Waals surface area contributed by atoms with E-state index in [0.29, 0.717) is 27.1 Å². The third-order valence-corrected chi connectivity index (χ3v) is 8.39. The van der Waals surface area contributed by atoms with Crippen molar-refractivity contribution >= 4 is 73.9 Å². The minimum absolute atomic E-state index is 0.00393. The second kappa shape index (κ2) is 14.6. The average Bonchev–Trinajstić information content (AvgIpc) is 2.83. The molecule has 0 heterocycles. The van der Waals surface area contributed by atoms with Crippen LogP contribution >= 0.6 is 46.4 Å². The molecule has 2 rings (SSSR count). The van der Waals surface area contributed by atoms with Gasteiger partial charge in [-0.1, -0.05) is 66.3 Å². The van der Waals surface area contributed by atoms with Gasteiger partial charge in [0.2, 0.25) is 21.8 Å². The summed E-state index contributed by atoms with van der Waals surface area (Å²) in [7, 11) is -3.71. The first-order valence-corrected chi connectivity index (χ1v) is 15.6. The molecular weight excluding hydrogens is 592 g/mol. The molecule has 1 N–H and O–H groups in total.